The number of methoxy groups -OCH3 is 2. The van der Waals surface area contributed by atoms with Gasteiger partial charge in [-0.3, -0.25) is 14.5 Å². The van der Waals surface area contributed by atoms with Crippen LogP contribution in [0.5, 0.6) is 11.5 Å². The van der Waals surface area contributed by atoms with Gasteiger partial charge < -0.3 is 19.1 Å². The zero-order valence-electron chi connectivity index (χ0n) is 23.9. The Morgan fingerprint density at radius 2 is 1.83 bits per heavy atom. The van der Waals surface area contributed by atoms with Gasteiger partial charge in [-0.05, 0) is 37.1 Å². The minimum atomic E-state index is -0.443. The van der Waals surface area contributed by atoms with Gasteiger partial charge >= 0.3 is 0 Å². The summed E-state index contributed by atoms with van der Waals surface area (Å²) >= 11 is 6.55. The maximum absolute atomic E-state index is 14.1. The quantitative estimate of drug-likeness (QED) is 0.413. The largest absolute Gasteiger partial charge is 0.497 e. The Kier molecular flexibility index (Phi) is 9.80. The van der Waals surface area contributed by atoms with Crippen molar-refractivity contribution in [2.75, 3.05) is 60.2 Å². The van der Waals surface area contributed by atoms with Gasteiger partial charge in [-0.1, -0.05) is 42.6 Å². The highest BCUT2D eigenvalue weighted by Crippen LogP contribution is 2.40. The van der Waals surface area contributed by atoms with Crippen molar-refractivity contribution in [1.82, 2.24) is 14.8 Å². The van der Waals surface area contributed by atoms with E-state index in [2.05, 4.69) is 4.90 Å². The van der Waals surface area contributed by atoms with E-state index in [1.807, 2.05) is 42.5 Å². The first-order valence-corrected chi connectivity index (χ1v) is 14.8. The maximum atomic E-state index is 14.1. The van der Waals surface area contributed by atoms with E-state index in [0.29, 0.717) is 55.0 Å². The lowest BCUT2D eigenvalue weighted by atomic mass is 9.97. The van der Waals surface area contributed by atoms with Crippen LogP contribution in [0, 0.1) is 5.92 Å². The van der Waals surface area contributed by atoms with E-state index < -0.39 is 6.04 Å². The summed E-state index contributed by atoms with van der Waals surface area (Å²) in [6.45, 7) is 4.18. The van der Waals surface area contributed by atoms with Gasteiger partial charge in [0.25, 0.3) is 5.91 Å². The molecule has 2 aromatic rings. The summed E-state index contributed by atoms with van der Waals surface area (Å²) in [4.78, 5) is 31.8. The lowest BCUT2D eigenvalue weighted by Gasteiger charge is -2.32. The Morgan fingerprint density at radius 1 is 1.07 bits per heavy atom. The van der Waals surface area contributed by atoms with Crippen LogP contribution in [0.2, 0.25) is 5.02 Å². The lowest BCUT2D eigenvalue weighted by molar-refractivity contribution is -0.144. The molecule has 10 heteroatoms. The van der Waals surface area contributed by atoms with Gasteiger partial charge in [0.2, 0.25) is 5.91 Å². The molecule has 0 N–H and O–H groups in total. The Bertz CT molecular complexity index is 1260. The van der Waals surface area contributed by atoms with Crippen LogP contribution in [0.1, 0.15) is 49.3 Å². The van der Waals surface area contributed by atoms with E-state index in [1.165, 1.54) is 5.01 Å². The zero-order chi connectivity index (χ0) is 28.8. The number of hydrogen-bond donors (Lipinski definition) is 0. The molecular formula is C31H39ClN4O5. The predicted molar refractivity (Wildman–Crippen MR) is 158 cm³/mol. The summed E-state index contributed by atoms with van der Waals surface area (Å²) in [6, 6.07) is 12.6. The van der Waals surface area contributed by atoms with Gasteiger partial charge in [0.1, 0.15) is 18.0 Å². The van der Waals surface area contributed by atoms with Crippen LogP contribution in [0.3, 0.4) is 0 Å². The van der Waals surface area contributed by atoms with Crippen LogP contribution in [0.4, 0.5) is 0 Å². The van der Waals surface area contributed by atoms with E-state index in [1.54, 1.807) is 19.1 Å². The second-order valence-electron chi connectivity index (χ2n) is 10.8. The molecule has 0 bridgehead atoms. The van der Waals surface area contributed by atoms with Gasteiger partial charge in [-0.25, -0.2) is 5.01 Å². The van der Waals surface area contributed by atoms with E-state index in [0.717, 1.165) is 49.9 Å². The molecule has 2 amide bonds. The molecule has 0 aromatic heterocycles. The van der Waals surface area contributed by atoms with E-state index >= 15 is 0 Å². The number of halogens is 1. The molecule has 2 heterocycles. The van der Waals surface area contributed by atoms with E-state index in [9.17, 15) is 9.59 Å². The first kappa shape index (κ1) is 29.4. The molecule has 1 aliphatic carbocycles. The first-order valence-electron chi connectivity index (χ1n) is 14.4. The van der Waals surface area contributed by atoms with Crippen molar-refractivity contribution >= 4 is 29.1 Å². The highest BCUT2D eigenvalue weighted by atomic mass is 35.5. The molecule has 2 fully saturated rings. The molecule has 1 unspecified atom stereocenters. The zero-order valence-corrected chi connectivity index (χ0v) is 24.6. The van der Waals surface area contributed by atoms with E-state index in [4.69, 9.17) is 30.9 Å². The molecule has 2 aliphatic heterocycles. The molecule has 1 saturated heterocycles. The average molecular weight is 583 g/mol. The maximum Gasteiger partial charge on any atom is 0.262 e. The van der Waals surface area contributed by atoms with Crippen molar-refractivity contribution in [2.24, 2.45) is 11.0 Å². The molecule has 0 radical (unpaired) electrons. The van der Waals surface area contributed by atoms with Crippen molar-refractivity contribution < 1.29 is 23.8 Å². The van der Waals surface area contributed by atoms with Crippen molar-refractivity contribution in [1.29, 1.82) is 0 Å². The third kappa shape index (κ3) is 6.85. The van der Waals surface area contributed by atoms with Crippen LogP contribution in [-0.4, -0.2) is 92.5 Å². The number of carbonyl (C=O) groups is 2. The highest BCUT2D eigenvalue weighted by molar-refractivity contribution is 6.34. The highest BCUT2D eigenvalue weighted by Gasteiger charge is 2.37. The fourth-order valence-electron chi connectivity index (χ4n) is 5.96. The normalized spacial score (nSPS) is 19.7. The smallest absolute Gasteiger partial charge is 0.262 e. The monoisotopic (exact) mass is 582 g/mol. The van der Waals surface area contributed by atoms with Crippen LogP contribution in [0.15, 0.2) is 47.6 Å². The van der Waals surface area contributed by atoms with Gasteiger partial charge in [-0.15, -0.1) is 0 Å². The fourth-order valence-corrected chi connectivity index (χ4v) is 6.21. The molecule has 5 rings (SSSR count). The molecule has 0 spiro atoms. The van der Waals surface area contributed by atoms with Gasteiger partial charge in [-0.2, -0.15) is 5.10 Å². The number of hydrazone groups is 1. The molecule has 1 saturated carbocycles. The Labute approximate surface area is 247 Å². The van der Waals surface area contributed by atoms with E-state index in [-0.39, 0.29) is 24.3 Å². The van der Waals surface area contributed by atoms with Crippen molar-refractivity contribution in [3.05, 3.63) is 58.6 Å². The third-order valence-electron chi connectivity index (χ3n) is 8.28. The van der Waals surface area contributed by atoms with Gasteiger partial charge in [0.15, 0.2) is 0 Å². The fraction of sp³-hybridized carbons (Fsp3) is 0.516. The first-order chi connectivity index (χ1) is 20.0. The summed E-state index contributed by atoms with van der Waals surface area (Å²) in [7, 11) is 3.21. The molecular weight excluding hydrogens is 544 g/mol. The average Bonchev–Trinajstić information content (AvgIpc) is 3.70. The molecule has 1 atom stereocenters. The predicted octanol–water partition coefficient (Wildman–Crippen LogP) is 4.39. The Morgan fingerprint density at radius 3 is 2.54 bits per heavy atom. The SMILES string of the molecule is COc1ccc(OC)c(C2CC(c3ccccc3Cl)=NN2C(=O)CN(CCN2CCOCC2)C(=O)C2CCCC2)c1. The number of nitrogens with zero attached hydrogens (tertiary/aromatic N) is 4. The standard InChI is InChI=1S/C31H39ClN4O5/c1-39-23-11-12-29(40-2)25(19-23)28-20-27(24-9-5-6-10-26(24)32)33-36(28)30(37)21-35(31(38)22-7-3-4-8-22)14-13-34-15-17-41-18-16-34/h5-6,9-12,19,22,28H,3-4,7-8,13-18,20-21H2,1-2H3. The molecule has 220 valence electrons. The lowest BCUT2D eigenvalue weighted by Crippen LogP contribution is -2.48. The number of carbonyl (C=O) groups excluding carboxylic acids is 2. The third-order valence-corrected chi connectivity index (χ3v) is 8.61. The summed E-state index contributed by atoms with van der Waals surface area (Å²) < 4.78 is 16.7. The summed E-state index contributed by atoms with van der Waals surface area (Å²) in [6.07, 6.45) is 4.31. The minimum Gasteiger partial charge on any atom is -0.497 e. The number of rotatable bonds is 10. The number of morpholine rings is 1. The Balaban J connectivity index is 1.44. The summed E-state index contributed by atoms with van der Waals surface area (Å²) in [5.41, 5.74) is 2.27. The van der Waals surface area contributed by atoms with Crippen LogP contribution in [0.25, 0.3) is 0 Å². The minimum absolute atomic E-state index is 0.0254. The molecule has 9 nitrogen and oxygen atoms in total. The second-order valence-corrected chi connectivity index (χ2v) is 11.2. The van der Waals surface area contributed by atoms with Crippen LogP contribution < -0.4 is 9.47 Å². The topological polar surface area (TPSA) is 83.9 Å². The van der Waals surface area contributed by atoms with Crippen LogP contribution >= 0.6 is 11.6 Å². The molecule has 3 aliphatic rings. The molecule has 41 heavy (non-hydrogen) atoms. The number of ether oxygens (including phenoxy) is 3. The van der Waals surface area contributed by atoms with Crippen molar-refractivity contribution in [3.63, 3.8) is 0 Å². The molecule has 2 aromatic carbocycles. The van der Waals surface area contributed by atoms with Gasteiger partial charge in [0, 0.05) is 54.7 Å². The van der Waals surface area contributed by atoms with Gasteiger partial charge in [0.05, 0.1) is 39.2 Å². The second kappa shape index (κ2) is 13.7. The van der Waals surface area contributed by atoms with Crippen molar-refractivity contribution in [3.8, 4) is 11.5 Å². The van der Waals surface area contributed by atoms with Crippen molar-refractivity contribution in [2.45, 2.75) is 38.1 Å². The number of benzene rings is 2. The number of hydrogen-bond acceptors (Lipinski definition) is 7. The Hall–Kier alpha value is -3.14. The summed E-state index contributed by atoms with van der Waals surface area (Å²) in [5, 5.41) is 6.91. The number of amides is 2. The summed E-state index contributed by atoms with van der Waals surface area (Å²) in [5.74, 6) is 1.09. The van der Waals surface area contributed by atoms with Crippen LogP contribution in [-0.2, 0) is 14.3 Å².